The number of piperazine rings is 1. The van der Waals surface area contributed by atoms with Crippen LogP contribution >= 0.6 is 0 Å². The highest BCUT2D eigenvalue weighted by atomic mass is 16.5. The normalized spacial score (nSPS) is 16.2. The van der Waals surface area contributed by atoms with Gasteiger partial charge in [-0.2, -0.15) is 5.10 Å². The molecule has 164 valence electrons. The minimum atomic E-state index is 0.337. The fourth-order valence-electron chi connectivity index (χ4n) is 4.79. The second kappa shape index (κ2) is 9.05. The summed E-state index contributed by atoms with van der Waals surface area (Å²) in [5.74, 6) is 1.50. The number of nitrogens with zero attached hydrogens (tertiary/aromatic N) is 3. The summed E-state index contributed by atoms with van der Waals surface area (Å²) < 4.78 is 11.1. The Kier molecular flexibility index (Phi) is 5.82. The molecule has 0 saturated carbocycles. The molecule has 0 amide bonds. The van der Waals surface area contributed by atoms with Crippen molar-refractivity contribution in [2.75, 3.05) is 39.9 Å². The molecule has 0 unspecified atom stereocenters. The molecule has 1 aliphatic heterocycles. The summed E-state index contributed by atoms with van der Waals surface area (Å²) in [5, 5.41) is 6.90. The van der Waals surface area contributed by atoms with Crippen LogP contribution in [0, 0.1) is 0 Å². The highest BCUT2D eigenvalue weighted by Gasteiger charge is 2.33. The maximum absolute atomic E-state index is 5.60. The lowest BCUT2D eigenvalue weighted by Crippen LogP contribution is -2.45. The summed E-state index contributed by atoms with van der Waals surface area (Å²) in [6.45, 7) is 6.37. The van der Waals surface area contributed by atoms with Crippen LogP contribution in [0.25, 0.3) is 11.1 Å². The van der Waals surface area contributed by atoms with Gasteiger partial charge in [0, 0.05) is 26.2 Å². The quantitative estimate of drug-likeness (QED) is 0.529. The van der Waals surface area contributed by atoms with Crippen LogP contribution in [0.5, 0.6) is 11.5 Å². The lowest BCUT2D eigenvalue weighted by atomic mass is 10.0. The third-order valence-corrected chi connectivity index (χ3v) is 6.31. The predicted octanol–water partition coefficient (Wildman–Crippen LogP) is 4.82. The molecule has 5 rings (SSSR count). The Bertz CT molecular complexity index is 1070. The molecular weight excluding hydrogens is 398 g/mol. The molecule has 2 aliphatic rings. The van der Waals surface area contributed by atoms with Crippen LogP contribution in [-0.4, -0.2) is 56.0 Å². The van der Waals surface area contributed by atoms with E-state index in [0.29, 0.717) is 12.6 Å². The number of fused-ring (bicyclic) bond motifs is 3. The third kappa shape index (κ3) is 3.84. The maximum atomic E-state index is 5.60. The van der Waals surface area contributed by atoms with E-state index >= 15 is 0 Å². The number of hydrazone groups is 1. The molecule has 3 aromatic carbocycles. The van der Waals surface area contributed by atoms with Crippen LogP contribution in [0.4, 0.5) is 0 Å². The van der Waals surface area contributed by atoms with Gasteiger partial charge in [0.15, 0.2) is 11.5 Å². The van der Waals surface area contributed by atoms with Gasteiger partial charge in [-0.05, 0) is 52.9 Å². The standard InChI is InChI=1S/C27H29N3O2/c1-3-32-25-13-12-20(18-26(25)31-2)19-28-30-16-14-29(15-17-30)27-23-10-6-4-8-21(23)22-9-5-7-11-24(22)27/h4-13,18-19,27H,3,14-17H2,1-2H3/b28-19-. The van der Waals surface area contributed by atoms with E-state index in [1.54, 1.807) is 7.11 Å². The van der Waals surface area contributed by atoms with Crippen molar-refractivity contribution in [1.29, 1.82) is 0 Å². The van der Waals surface area contributed by atoms with E-state index in [4.69, 9.17) is 14.6 Å². The van der Waals surface area contributed by atoms with E-state index in [-0.39, 0.29) is 0 Å². The SMILES string of the molecule is CCOc1ccc(/C=N\N2CCN(C3c4ccccc4-c4ccccc43)CC2)cc1OC. The fourth-order valence-corrected chi connectivity index (χ4v) is 4.79. The summed E-state index contributed by atoms with van der Waals surface area (Å²) in [6, 6.07) is 23.9. The summed E-state index contributed by atoms with van der Waals surface area (Å²) >= 11 is 0. The van der Waals surface area contributed by atoms with Gasteiger partial charge in [-0.3, -0.25) is 9.91 Å². The molecule has 1 heterocycles. The van der Waals surface area contributed by atoms with Gasteiger partial charge in [-0.25, -0.2) is 0 Å². The Morgan fingerprint density at radius 1 is 0.875 bits per heavy atom. The molecule has 0 spiro atoms. The Labute approximate surface area is 189 Å². The topological polar surface area (TPSA) is 37.3 Å². The van der Waals surface area contributed by atoms with Crippen molar-refractivity contribution in [3.8, 4) is 22.6 Å². The first-order chi connectivity index (χ1) is 15.8. The first-order valence-electron chi connectivity index (χ1n) is 11.3. The Morgan fingerprint density at radius 2 is 1.53 bits per heavy atom. The zero-order valence-corrected chi connectivity index (χ0v) is 18.7. The smallest absolute Gasteiger partial charge is 0.161 e. The fraction of sp³-hybridized carbons (Fsp3) is 0.296. The van der Waals surface area contributed by atoms with Crippen LogP contribution < -0.4 is 9.47 Å². The van der Waals surface area contributed by atoms with Crippen LogP contribution in [0.1, 0.15) is 29.7 Å². The van der Waals surface area contributed by atoms with Crippen LogP contribution in [-0.2, 0) is 0 Å². The van der Waals surface area contributed by atoms with Gasteiger partial charge in [-0.15, -0.1) is 0 Å². The van der Waals surface area contributed by atoms with Crippen molar-refractivity contribution in [1.82, 2.24) is 9.91 Å². The summed E-state index contributed by atoms with van der Waals surface area (Å²) in [4.78, 5) is 2.59. The van der Waals surface area contributed by atoms with Gasteiger partial charge in [-0.1, -0.05) is 48.5 Å². The molecule has 0 radical (unpaired) electrons. The average Bonchev–Trinajstić information content (AvgIpc) is 3.18. The van der Waals surface area contributed by atoms with Gasteiger partial charge < -0.3 is 9.47 Å². The second-order valence-corrected chi connectivity index (χ2v) is 8.15. The van der Waals surface area contributed by atoms with Crippen molar-refractivity contribution in [2.45, 2.75) is 13.0 Å². The average molecular weight is 428 g/mol. The van der Waals surface area contributed by atoms with Crippen molar-refractivity contribution < 1.29 is 9.47 Å². The van der Waals surface area contributed by atoms with E-state index in [1.165, 1.54) is 22.3 Å². The molecule has 0 aromatic heterocycles. The first kappa shape index (κ1) is 20.6. The molecule has 1 aliphatic carbocycles. The number of hydrogen-bond donors (Lipinski definition) is 0. The zero-order valence-electron chi connectivity index (χ0n) is 18.7. The minimum absolute atomic E-state index is 0.337. The van der Waals surface area contributed by atoms with Gasteiger partial charge >= 0.3 is 0 Å². The Morgan fingerprint density at radius 3 is 2.16 bits per heavy atom. The van der Waals surface area contributed by atoms with Crippen LogP contribution in [0.2, 0.25) is 0 Å². The first-order valence-corrected chi connectivity index (χ1v) is 11.3. The molecule has 32 heavy (non-hydrogen) atoms. The molecule has 0 atom stereocenters. The maximum Gasteiger partial charge on any atom is 0.161 e. The summed E-state index contributed by atoms with van der Waals surface area (Å²) in [6.07, 6.45) is 1.91. The highest BCUT2D eigenvalue weighted by molar-refractivity contribution is 5.81. The van der Waals surface area contributed by atoms with Gasteiger partial charge in [0.1, 0.15) is 0 Å². The number of ether oxygens (including phenoxy) is 2. The van der Waals surface area contributed by atoms with E-state index in [2.05, 4.69) is 58.4 Å². The summed E-state index contributed by atoms with van der Waals surface area (Å²) in [7, 11) is 1.66. The third-order valence-electron chi connectivity index (χ3n) is 6.31. The van der Waals surface area contributed by atoms with Gasteiger partial charge in [0.05, 0.1) is 26.0 Å². The second-order valence-electron chi connectivity index (χ2n) is 8.15. The summed E-state index contributed by atoms with van der Waals surface area (Å²) in [5.41, 5.74) is 6.60. The van der Waals surface area contributed by atoms with Crippen molar-refractivity contribution >= 4 is 6.21 Å². The molecule has 5 heteroatoms. The molecule has 0 N–H and O–H groups in total. The lowest BCUT2D eigenvalue weighted by Gasteiger charge is -2.37. The molecular formula is C27H29N3O2. The van der Waals surface area contributed by atoms with E-state index in [0.717, 1.165) is 43.2 Å². The van der Waals surface area contributed by atoms with E-state index in [1.807, 2.05) is 31.3 Å². The van der Waals surface area contributed by atoms with Gasteiger partial charge in [0.25, 0.3) is 0 Å². The molecule has 3 aromatic rings. The van der Waals surface area contributed by atoms with Gasteiger partial charge in [0.2, 0.25) is 0 Å². The number of benzene rings is 3. The number of rotatable bonds is 6. The van der Waals surface area contributed by atoms with Crippen LogP contribution in [0.15, 0.2) is 71.8 Å². The predicted molar refractivity (Wildman–Crippen MR) is 129 cm³/mol. The minimum Gasteiger partial charge on any atom is -0.493 e. The van der Waals surface area contributed by atoms with E-state index in [9.17, 15) is 0 Å². The zero-order chi connectivity index (χ0) is 21.9. The highest BCUT2D eigenvalue weighted by Crippen LogP contribution is 2.46. The Balaban J connectivity index is 1.27. The molecule has 1 fully saturated rings. The molecule has 0 bridgehead atoms. The largest absolute Gasteiger partial charge is 0.493 e. The van der Waals surface area contributed by atoms with Crippen LogP contribution in [0.3, 0.4) is 0 Å². The number of hydrogen-bond acceptors (Lipinski definition) is 5. The Hall–Kier alpha value is -3.31. The van der Waals surface area contributed by atoms with E-state index < -0.39 is 0 Å². The van der Waals surface area contributed by atoms with Crippen molar-refractivity contribution in [2.24, 2.45) is 5.10 Å². The number of methoxy groups -OCH3 is 1. The molecule has 5 nitrogen and oxygen atoms in total. The lowest BCUT2D eigenvalue weighted by molar-refractivity contribution is 0.114. The monoisotopic (exact) mass is 427 g/mol. The van der Waals surface area contributed by atoms with Crippen molar-refractivity contribution in [3.63, 3.8) is 0 Å². The molecule has 1 saturated heterocycles. The van der Waals surface area contributed by atoms with Crippen molar-refractivity contribution in [3.05, 3.63) is 83.4 Å².